The van der Waals surface area contributed by atoms with Crippen molar-refractivity contribution in [3.8, 4) is 11.1 Å². The molecule has 0 aliphatic carbocycles. The molecule has 5 nitrogen and oxygen atoms in total. The van der Waals surface area contributed by atoms with Gasteiger partial charge in [-0.25, -0.2) is 9.78 Å². The fourth-order valence-corrected chi connectivity index (χ4v) is 4.83. The lowest BCUT2D eigenvalue weighted by atomic mass is 10.0. The van der Waals surface area contributed by atoms with E-state index in [0.29, 0.717) is 21.2 Å². The highest BCUT2D eigenvalue weighted by Crippen LogP contribution is 2.36. The van der Waals surface area contributed by atoms with Crippen LogP contribution >= 0.6 is 34.3 Å². The van der Waals surface area contributed by atoms with Gasteiger partial charge in [0.15, 0.2) is 5.01 Å². The maximum absolute atomic E-state index is 12.7. The van der Waals surface area contributed by atoms with Gasteiger partial charge in [0.25, 0.3) is 5.91 Å². The molecule has 1 amide bonds. The van der Waals surface area contributed by atoms with E-state index in [1.165, 1.54) is 22.7 Å². The van der Waals surface area contributed by atoms with Gasteiger partial charge in [-0.15, -0.1) is 22.7 Å². The maximum atomic E-state index is 12.7. The molecule has 4 aromatic rings. The summed E-state index contributed by atoms with van der Waals surface area (Å²) in [5, 5.41) is 15.2. The van der Waals surface area contributed by atoms with Gasteiger partial charge in [-0.3, -0.25) is 4.79 Å². The first kappa shape index (κ1) is 18.6. The van der Waals surface area contributed by atoms with Crippen LogP contribution in [0.3, 0.4) is 0 Å². The van der Waals surface area contributed by atoms with E-state index in [0.717, 1.165) is 15.8 Å². The van der Waals surface area contributed by atoms with Gasteiger partial charge in [-0.2, -0.15) is 0 Å². The van der Waals surface area contributed by atoms with Crippen molar-refractivity contribution in [3.63, 3.8) is 0 Å². The van der Waals surface area contributed by atoms with Gasteiger partial charge in [-0.05, 0) is 42.3 Å². The van der Waals surface area contributed by atoms with Gasteiger partial charge in [0.2, 0.25) is 0 Å². The number of thiazole rings is 1. The molecule has 2 aromatic heterocycles. The Morgan fingerprint density at radius 1 is 1.14 bits per heavy atom. The van der Waals surface area contributed by atoms with Crippen molar-refractivity contribution in [1.29, 1.82) is 0 Å². The van der Waals surface area contributed by atoms with E-state index in [9.17, 15) is 14.7 Å². The van der Waals surface area contributed by atoms with Crippen molar-refractivity contribution < 1.29 is 14.7 Å². The third-order valence-electron chi connectivity index (χ3n) is 4.13. The summed E-state index contributed by atoms with van der Waals surface area (Å²) in [5.74, 6) is -1.53. The zero-order valence-corrected chi connectivity index (χ0v) is 16.9. The number of fused-ring (bicyclic) bond motifs is 1. The Labute approximate surface area is 173 Å². The van der Waals surface area contributed by atoms with E-state index in [2.05, 4.69) is 10.3 Å². The van der Waals surface area contributed by atoms with Gasteiger partial charge in [-0.1, -0.05) is 29.8 Å². The Kier molecular flexibility index (Phi) is 4.89. The van der Waals surface area contributed by atoms with Gasteiger partial charge < -0.3 is 10.4 Å². The Morgan fingerprint density at radius 2 is 1.89 bits per heavy atom. The number of aromatic carboxylic acids is 1. The van der Waals surface area contributed by atoms with Crippen molar-refractivity contribution in [2.75, 3.05) is 5.32 Å². The van der Waals surface area contributed by atoms with Crippen molar-refractivity contribution in [2.45, 2.75) is 6.92 Å². The summed E-state index contributed by atoms with van der Waals surface area (Å²) < 4.78 is 0.914. The second kappa shape index (κ2) is 7.35. The van der Waals surface area contributed by atoms with Crippen LogP contribution in [0.1, 0.15) is 25.7 Å². The number of aromatic nitrogens is 1. The molecule has 28 heavy (non-hydrogen) atoms. The molecule has 2 heterocycles. The van der Waals surface area contributed by atoms with Crippen molar-refractivity contribution in [3.05, 3.63) is 69.0 Å². The number of carbonyl (C=O) groups is 2. The van der Waals surface area contributed by atoms with Gasteiger partial charge in [0.1, 0.15) is 10.6 Å². The Balaban J connectivity index is 1.67. The molecule has 0 fully saturated rings. The van der Waals surface area contributed by atoms with Crippen LogP contribution in [0, 0.1) is 6.92 Å². The fraction of sp³-hybridized carbons (Fsp3) is 0.0500. The van der Waals surface area contributed by atoms with Crippen LogP contribution in [0.25, 0.3) is 21.3 Å². The first-order valence-electron chi connectivity index (χ1n) is 8.21. The molecule has 8 heteroatoms. The fourth-order valence-electron chi connectivity index (χ4n) is 2.79. The zero-order valence-electron chi connectivity index (χ0n) is 14.5. The normalized spacial score (nSPS) is 10.9. The molecule has 140 valence electrons. The summed E-state index contributed by atoms with van der Waals surface area (Å²) in [6.07, 6.45) is 0. The number of aryl methyl sites for hydroxylation is 1. The molecule has 0 atom stereocenters. The van der Waals surface area contributed by atoms with Crippen LogP contribution in [0.5, 0.6) is 0 Å². The van der Waals surface area contributed by atoms with Crippen LogP contribution in [0.15, 0.2) is 47.8 Å². The number of hydrogen-bond donors (Lipinski definition) is 2. The molecule has 0 unspecified atom stereocenters. The lowest BCUT2D eigenvalue weighted by Crippen LogP contribution is -2.13. The molecule has 0 spiro atoms. The van der Waals surface area contributed by atoms with Gasteiger partial charge in [0.05, 0.1) is 10.2 Å². The van der Waals surface area contributed by atoms with E-state index in [4.69, 9.17) is 11.6 Å². The second-order valence-corrected chi connectivity index (χ2v) is 8.46. The predicted octanol–water partition coefficient (Wildman–Crippen LogP) is 5.94. The molecule has 4 rings (SSSR count). The van der Waals surface area contributed by atoms with Crippen LogP contribution in [-0.2, 0) is 0 Å². The van der Waals surface area contributed by atoms with Crippen molar-refractivity contribution in [1.82, 2.24) is 4.98 Å². The molecule has 0 saturated carbocycles. The van der Waals surface area contributed by atoms with Crippen LogP contribution < -0.4 is 5.32 Å². The molecule has 0 radical (unpaired) electrons. The zero-order chi connectivity index (χ0) is 19.8. The molecular formula is C20H13ClN2O3S2. The Morgan fingerprint density at radius 3 is 2.61 bits per heavy atom. The highest BCUT2D eigenvalue weighted by molar-refractivity contribution is 7.20. The van der Waals surface area contributed by atoms with E-state index in [1.807, 2.05) is 25.1 Å². The second-order valence-electron chi connectivity index (χ2n) is 6.11. The number of halogens is 1. The average molecular weight is 429 g/mol. The van der Waals surface area contributed by atoms with Crippen LogP contribution in [0.2, 0.25) is 5.02 Å². The third kappa shape index (κ3) is 3.52. The van der Waals surface area contributed by atoms with E-state index in [1.54, 1.807) is 29.6 Å². The summed E-state index contributed by atoms with van der Waals surface area (Å²) in [5.41, 5.74) is 3.13. The smallest absolute Gasteiger partial charge is 0.339 e. The monoisotopic (exact) mass is 428 g/mol. The minimum absolute atomic E-state index is 0.0534. The minimum Gasteiger partial charge on any atom is -0.478 e. The number of benzene rings is 2. The largest absolute Gasteiger partial charge is 0.478 e. The number of thiophene rings is 1. The average Bonchev–Trinajstić information content (AvgIpc) is 3.26. The summed E-state index contributed by atoms with van der Waals surface area (Å²) in [6.45, 7) is 1.97. The number of hydrogen-bond acceptors (Lipinski definition) is 5. The Hall–Kier alpha value is -2.74. The lowest BCUT2D eigenvalue weighted by molar-refractivity contribution is 0.0699. The van der Waals surface area contributed by atoms with Crippen LogP contribution in [0.4, 0.5) is 5.00 Å². The quantitative estimate of drug-likeness (QED) is 0.421. The molecule has 2 aromatic carbocycles. The van der Waals surface area contributed by atoms with Gasteiger partial charge >= 0.3 is 5.97 Å². The molecule has 0 bridgehead atoms. The molecule has 2 N–H and O–H groups in total. The lowest BCUT2D eigenvalue weighted by Gasteiger charge is -2.05. The third-order valence-corrected chi connectivity index (χ3v) is 6.29. The molecule has 0 saturated heterocycles. The van der Waals surface area contributed by atoms with Crippen molar-refractivity contribution >= 4 is 61.4 Å². The first-order valence-corrected chi connectivity index (χ1v) is 10.3. The SMILES string of the molecule is Cc1ccc2nc(C(=O)Nc3scc(-c4ccc(Cl)cc4)c3C(=O)O)sc2c1. The number of amides is 1. The Bertz CT molecular complexity index is 1210. The predicted molar refractivity (Wildman–Crippen MR) is 114 cm³/mol. The highest BCUT2D eigenvalue weighted by atomic mass is 35.5. The number of carbonyl (C=O) groups excluding carboxylic acids is 1. The molecule has 0 aliphatic rings. The molecule has 0 aliphatic heterocycles. The summed E-state index contributed by atoms with van der Waals surface area (Å²) >= 11 is 8.35. The molecular weight excluding hydrogens is 416 g/mol. The highest BCUT2D eigenvalue weighted by Gasteiger charge is 2.22. The number of rotatable bonds is 4. The number of carboxylic acid groups (broad SMARTS) is 1. The number of nitrogens with zero attached hydrogens (tertiary/aromatic N) is 1. The maximum Gasteiger partial charge on any atom is 0.339 e. The van der Waals surface area contributed by atoms with Crippen LogP contribution in [-0.4, -0.2) is 22.0 Å². The topological polar surface area (TPSA) is 79.3 Å². The minimum atomic E-state index is -1.11. The number of nitrogens with one attached hydrogen (secondary N) is 1. The first-order chi connectivity index (χ1) is 13.4. The number of anilines is 1. The van der Waals surface area contributed by atoms with E-state index >= 15 is 0 Å². The van der Waals surface area contributed by atoms with Gasteiger partial charge in [0, 0.05) is 16.0 Å². The summed E-state index contributed by atoms with van der Waals surface area (Å²) in [7, 11) is 0. The summed E-state index contributed by atoms with van der Waals surface area (Å²) in [6, 6.07) is 12.7. The van der Waals surface area contributed by atoms with Crippen molar-refractivity contribution in [2.24, 2.45) is 0 Å². The standard InChI is InChI=1S/C20H13ClN2O3S2/c1-10-2-7-14-15(8-10)28-19(22-14)17(24)23-18-16(20(25)26)13(9-27-18)11-3-5-12(21)6-4-11/h2-9H,1H3,(H,23,24)(H,25,26). The van der Waals surface area contributed by atoms with E-state index < -0.39 is 11.9 Å². The summed E-state index contributed by atoms with van der Waals surface area (Å²) in [4.78, 5) is 28.9. The number of carboxylic acids is 1. The van der Waals surface area contributed by atoms with E-state index in [-0.39, 0.29) is 10.6 Å².